The summed E-state index contributed by atoms with van der Waals surface area (Å²) in [6.45, 7) is 7.95. The summed E-state index contributed by atoms with van der Waals surface area (Å²) in [5.41, 5.74) is 0.0824. The molecule has 1 aromatic rings. The molecule has 1 rings (SSSR count). The van der Waals surface area contributed by atoms with Gasteiger partial charge in [0, 0.05) is 24.0 Å². The molecule has 0 aliphatic heterocycles. The molecule has 2 atom stereocenters. The lowest BCUT2D eigenvalue weighted by Gasteiger charge is -2.26. The second-order valence-electron chi connectivity index (χ2n) is 5.36. The average molecular weight is 286 g/mol. The first kappa shape index (κ1) is 15.9. The van der Waals surface area contributed by atoms with Crippen molar-refractivity contribution < 1.29 is 10.0 Å². The van der Waals surface area contributed by atoms with Crippen molar-refractivity contribution in [3.8, 4) is 0 Å². The van der Waals surface area contributed by atoms with Gasteiger partial charge in [-0.15, -0.1) is 11.3 Å². The Hall–Kier alpha value is -1.14. The maximum Gasteiger partial charge on any atom is 0.304 e. The van der Waals surface area contributed by atoms with Crippen LogP contribution in [0.3, 0.4) is 0 Å². The van der Waals surface area contributed by atoms with Crippen molar-refractivity contribution in [3.63, 3.8) is 0 Å². The summed E-state index contributed by atoms with van der Waals surface area (Å²) in [5, 5.41) is 21.3. The third-order valence-corrected chi connectivity index (χ3v) is 4.50. The molecule has 0 bridgehead atoms. The van der Waals surface area contributed by atoms with E-state index in [2.05, 4.69) is 20.8 Å². The third kappa shape index (κ3) is 3.91. The molecule has 0 aliphatic rings. The fourth-order valence-corrected chi connectivity index (χ4v) is 3.15. The largest absolute Gasteiger partial charge is 0.388 e. The summed E-state index contributed by atoms with van der Waals surface area (Å²) in [5.74, 6) is 0.535. The summed E-state index contributed by atoms with van der Waals surface area (Å²) in [4.78, 5) is 13.3. The maximum atomic E-state index is 11.1. The lowest BCUT2D eigenvalue weighted by atomic mass is 10.0. The molecule has 19 heavy (non-hydrogen) atoms. The van der Waals surface area contributed by atoms with Gasteiger partial charge in [-0.3, -0.25) is 10.1 Å². The highest BCUT2D eigenvalue weighted by molar-refractivity contribution is 7.16. The number of hydrogen-bond donors (Lipinski definition) is 1. The molecule has 0 saturated carbocycles. The van der Waals surface area contributed by atoms with Crippen LogP contribution in [0.25, 0.3) is 0 Å². The van der Waals surface area contributed by atoms with E-state index >= 15 is 0 Å². The number of aliphatic hydroxyl groups is 1. The summed E-state index contributed by atoms with van der Waals surface area (Å²) < 4.78 is 0. The Morgan fingerprint density at radius 2 is 2.00 bits per heavy atom. The monoisotopic (exact) mass is 286 g/mol. The van der Waals surface area contributed by atoms with Gasteiger partial charge in [0.05, 0.1) is 11.0 Å². The van der Waals surface area contributed by atoms with E-state index in [1.807, 2.05) is 11.9 Å². The van der Waals surface area contributed by atoms with Crippen molar-refractivity contribution in [1.29, 1.82) is 0 Å². The highest BCUT2D eigenvalue weighted by Crippen LogP contribution is 2.40. The number of thiophene rings is 1. The van der Waals surface area contributed by atoms with E-state index in [-0.39, 0.29) is 16.7 Å². The van der Waals surface area contributed by atoms with Crippen LogP contribution in [-0.2, 0) is 0 Å². The van der Waals surface area contributed by atoms with E-state index < -0.39 is 6.10 Å². The van der Waals surface area contributed by atoms with E-state index in [0.717, 1.165) is 6.42 Å². The highest BCUT2D eigenvalue weighted by atomic mass is 32.1. The molecule has 1 unspecified atom stereocenters. The molecular formula is C13H22N2O3S. The zero-order valence-electron chi connectivity index (χ0n) is 12.1. The minimum absolute atomic E-state index is 0.0824. The van der Waals surface area contributed by atoms with Crippen LogP contribution in [0.2, 0.25) is 0 Å². The van der Waals surface area contributed by atoms with Gasteiger partial charge < -0.3 is 10.0 Å². The Bertz CT molecular complexity index is 443. The first-order valence-corrected chi connectivity index (χ1v) is 7.24. The molecule has 1 N–H and O–H groups in total. The molecule has 0 spiro atoms. The van der Waals surface area contributed by atoms with Gasteiger partial charge in [0.25, 0.3) is 0 Å². The topological polar surface area (TPSA) is 66.6 Å². The van der Waals surface area contributed by atoms with Gasteiger partial charge in [-0.2, -0.15) is 0 Å². The lowest BCUT2D eigenvalue weighted by molar-refractivity contribution is -0.383. The molecule has 0 aromatic carbocycles. The third-order valence-electron chi connectivity index (χ3n) is 3.12. The minimum Gasteiger partial charge on any atom is -0.388 e. The number of anilines is 1. The van der Waals surface area contributed by atoms with E-state index in [4.69, 9.17) is 0 Å². The van der Waals surface area contributed by atoms with E-state index in [9.17, 15) is 15.2 Å². The van der Waals surface area contributed by atoms with E-state index in [0.29, 0.717) is 15.8 Å². The summed E-state index contributed by atoms with van der Waals surface area (Å²) >= 11 is 1.29. The SMILES string of the molecule is CC(C)CC(C)N(C)c1sc([C@@H](C)O)cc1[N+](=O)[O-]. The zero-order valence-corrected chi connectivity index (χ0v) is 12.9. The van der Waals surface area contributed by atoms with Gasteiger partial charge in [-0.1, -0.05) is 13.8 Å². The fraction of sp³-hybridized carbons (Fsp3) is 0.692. The van der Waals surface area contributed by atoms with Crippen LogP contribution in [0.1, 0.15) is 45.1 Å². The Labute approximate surface area is 118 Å². The molecule has 1 aromatic heterocycles. The maximum absolute atomic E-state index is 11.1. The summed E-state index contributed by atoms with van der Waals surface area (Å²) in [6, 6.07) is 1.70. The minimum atomic E-state index is -0.675. The molecule has 0 saturated heterocycles. The van der Waals surface area contributed by atoms with Crippen molar-refractivity contribution >= 4 is 22.0 Å². The summed E-state index contributed by atoms with van der Waals surface area (Å²) in [6.07, 6.45) is 0.293. The predicted molar refractivity (Wildman–Crippen MR) is 78.9 cm³/mol. The standard InChI is InChI=1S/C13H22N2O3S/c1-8(2)6-9(3)14(5)13-11(15(17)18)7-12(19-13)10(4)16/h7-10,16H,6H2,1-5H3/t9?,10-/m1/s1. The quantitative estimate of drug-likeness (QED) is 0.641. The van der Waals surface area contributed by atoms with Crippen LogP contribution in [0, 0.1) is 16.0 Å². The molecule has 5 nitrogen and oxygen atoms in total. The van der Waals surface area contributed by atoms with Crippen LogP contribution in [0.5, 0.6) is 0 Å². The number of nitrogens with zero attached hydrogens (tertiary/aromatic N) is 2. The van der Waals surface area contributed by atoms with Crippen LogP contribution in [0.4, 0.5) is 10.7 Å². The Balaban J connectivity index is 3.06. The Kier molecular flexibility index (Phi) is 5.31. The van der Waals surface area contributed by atoms with Crippen molar-refractivity contribution in [1.82, 2.24) is 0 Å². The van der Waals surface area contributed by atoms with Crippen molar-refractivity contribution in [3.05, 3.63) is 21.1 Å². The van der Waals surface area contributed by atoms with E-state index in [1.54, 1.807) is 6.92 Å². The first-order chi connectivity index (χ1) is 8.73. The number of hydrogen-bond acceptors (Lipinski definition) is 5. The first-order valence-electron chi connectivity index (χ1n) is 6.43. The molecule has 0 fully saturated rings. The number of nitro groups is 1. The fourth-order valence-electron chi connectivity index (χ4n) is 2.02. The van der Waals surface area contributed by atoms with Crippen LogP contribution >= 0.6 is 11.3 Å². The molecule has 0 aliphatic carbocycles. The molecular weight excluding hydrogens is 264 g/mol. The van der Waals surface area contributed by atoms with Gasteiger partial charge in [0.1, 0.15) is 0 Å². The average Bonchev–Trinajstić information content (AvgIpc) is 2.71. The van der Waals surface area contributed by atoms with Crippen molar-refractivity contribution in [2.45, 2.75) is 46.3 Å². The molecule has 0 radical (unpaired) electrons. The van der Waals surface area contributed by atoms with Gasteiger partial charge >= 0.3 is 5.69 Å². The zero-order chi connectivity index (χ0) is 14.7. The smallest absolute Gasteiger partial charge is 0.304 e. The Morgan fingerprint density at radius 3 is 2.42 bits per heavy atom. The molecule has 6 heteroatoms. The predicted octanol–water partition coefficient (Wildman–Crippen LogP) is 3.58. The number of rotatable bonds is 6. The molecule has 108 valence electrons. The van der Waals surface area contributed by atoms with Crippen LogP contribution in [-0.4, -0.2) is 23.1 Å². The lowest BCUT2D eigenvalue weighted by Crippen LogP contribution is -2.29. The van der Waals surface area contributed by atoms with E-state index in [1.165, 1.54) is 17.4 Å². The molecule has 0 amide bonds. The van der Waals surface area contributed by atoms with Gasteiger partial charge in [0.15, 0.2) is 5.00 Å². The van der Waals surface area contributed by atoms with Gasteiger partial charge in [-0.25, -0.2) is 0 Å². The van der Waals surface area contributed by atoms with Crippen molar-refractivity contribution in [2.75, 3.05) is 11.9 Å². The molecule has 1 heterocycles. The highest BCUT2D eigenvalue weighted by Gasteiger charge is 2.26. The van der Waals surface area contributed by atoms with Crippen LogP contribution in [0.15, 0.2) is 6.07 Å². The normalized spacial score (nSPS) is 14.5. The van der Waals surface area contributed by atoms with Crippen LogP contribution < -0.4 is 4.90 Å². The number of aliphatic hydroxyl groups excluding tert-OH is 1. The Morgan fingerprint density at radius 1 is 1.42 bits per heavy atom. The second kappa shape index (κ2) is 6.34. The van der Waals surface area contributed by atoms with Gasteiger partial charge in [-0.05, 0) is 26.2 Å². The van der Waals surface area contributed by atoms with Gasteiger partial charge in [0.2, 0.25) is 0 Å². The summed E-state index contributed by atoms with van der Waals surface area (Å²) in [7, 11) is 1.87. The van der Waals surface area contributed by atoms with Crippen molar-refractivity contribution in [2.24, 2.45) is 5.92 Å². The second-order valence-corrected chi connectivity index (χ2v) is 6.42.